The average molecular weight is 1250 g/mol. The van der Waals surface area contributed by atoms with Crippen molar-refractivity contribution in [3.63, 3.8) is 0 Å². The lowest BCUT2D eigenvalue weighted by Gasteiger charge is -2.20. The van der Waals surface area contributed by atoms with Crippen LogP contribution in [0.4, 0.5) is 0 Å². The lowest BCUT2D eigenvalue weighted by atomic mass is 9.91. The van der Waals surface area contributed by atoms with Gasteiger partial charge in [0.25, 0.3) is 0 Å². The van der Waals surface area contributed by atoms with Crippen LogP contribution < -0.4 is 0 Å². The van der Waals surface area contributed by atoms with Crippen LogP contribution in [0.2, 0.25) is 0 Å². The molecule has 7 aromatic heterocycles. The van der Waals surface area contributed by atoms with Gasteiger partial charge in [-0.05, 0) is 181 Å². The third-order valence-corrected chi connectivity index (χ3v) is 17.1. The Hall–Kier alpha value is -12.9. The first-order valence-corrected chi connectivity index (χ1v) is 31.4. The summed E-state index contributed by atoms with van der Waals surface area (Å²) in [6, 6.07) is 68.6. The zero-order valence-corrected chi connectivity index (χ0v) is 53.5. The molecule has 0 aliphatic carbocycles. The smallest absolute Gasteiger partial charge is 0.164 e. The van der Waals surface area contributed by atoms with Gasteiger partial charge in [-0.2, -0.15) is 5.26 Å². The second kappa shape index (κ2) is 23.4. The standard InChI is InChI=1S/C78H56N18/c1-42-80-43(2)85-74(84-42)53-24-31-67-63(36-53)64-37-54(75-86-44(3)81-45(4)87-75)25-32-68(64)95(67)58-28-29-60(78-93-72(50-17-11-9-12-18-50)92-73(94-78)51-19-13-10-14-20-51)61(40-58)62-35-52(59-22-16-15-21-57(59)41-79)23-30-69(62)96-70-33-26-55(76-88-46(5)82-47(6)89-76)38-65(70)66-39-56(27-34-71(66)96)77-90-48(7)83-49(8)91-77/h9-40H,1-8H3. The number of rotatable bonds is 11. The highest BCUT2D eigenvalue weighted by molar-refractivity contribution is 6.13. The van der Waals surface area contributed by atoms with E-state index in [-0.39, 0.29) is 0 Å². The number of aromatic nitrogens is 17. The van der Waals surface area contributed by atoms with Gasteiger partial charge in [-0.3, -0.25) is 0 Å². The van der Waals surface area contributed by atoms with Gasteiger partial charge in [-0.1, -0.05) is 84.9 Å². The molecule has 0 saturated carbocycles. The molecule has 16 aromatic rings. The number of fused-ring (bicyclic) bond motifs is 6. The molecule has 0 aliphatic rings. The van der Waals surface area contributed by atoms with E-state index in [1.807, 2.05) is 140 Å². The van der Waals surface area contributed by atoms with Crippen molar-refractivity contribution in [1.29, 1.82) is 5.26 Å². The summed E-state index contributed by atoms with van der Waals surface area (Å²) < 4.78 is 4.61. The molecule has 9 aromatic carbocycles. The molecule has 96 heavy (non-hydrogen) atoms. The average Bonchev–Trinajstić information content (AvgIpc) is 1.54. The number of nitriles is 1. The Balaban J connectivity index is 1.02. The van der Waals surface area contributed by atoms with E-state index in [2.05, 4.69) is 144 Å². The molecule has 0 amide bonds. The molecule has 0 atom stereocenters. The molecular weight excluding hydrogens is 1190 g/mol. The van der Waals surface area contributed by atoms with Gasteiger partial charge in [0.1, 0.15) is 46.6 Å². The Bertz CT molecular complexity index is 5560. The van der Waals surface area contributed by atoms with Crippen molar-refractivity contribution in [2.75, 3.05) is 0 Å². The second-order valence-electron chi connectivity index (χ2n) is 23.8. The van der Waals surface area contributed by atoms with E-state index < -0.39 is 0 Å². The summed E-state index contributed by atoms with van der Waals surface area (Å²) in [5.41, 5.74) is 14.7. The Morgan fingerprint density at radius 2 is 0.604 bits per heavy atom. The molecule has 0 saturated heterocycles. The predicted octanol–water partition coefficient (Wildman–Crippen LogP) is 16.1. The fourth-order valence-electron chi connectivity index (χ4n) is 13.1. The van der Waals surface area contributed by atoms with Gasteiger partial charge in [0, 0.05) is 71.7 Å². The molecule has 458 valence electrons. The fourth-order valence-corrected chi connectivity index (χ4v) is 13.1. The number of hydrogen-bond donors (Lipinski definition) is 0. The minimum absolute atomic E-state index is 0.447. The Kier molecular flexibility index (Phi) is 14.2. The van der Waals surface area contributed by atoms with Gasteiger partial charge in [0.2, 0.25) is 0 Å². The van der Waals surface area contributed by atoms with Gasteiger partial charge in [0.05, 0.1) is 39.4 Å². The largest absolute Gasteiger partial charge is 0.309 e. The van der Waals surface area contributed by atoms with E-state index in [1.54, 1.807) is 0 Å². The first-order chi connectivity index (χ1) is 46.7. The lowest BCUT2D eigenvalue weighted by Crippen LogP contribution is -2.04. The number of nitrogens with zero attached hydrogens (tertiary/aromatic N) is 18. The third kappa shape index (κ3) is 10.6. The van der Waals surface area contributed by atoms with Crippen LogP contribution in [0.25, 0.3) is 157 Å². The first-order valence-electron chi connectivity index (χ1n) is 31.4. The molecule has 18 heteroatoms. The highest BCUT2D eigenvalue weighted by Gasteiger charge is 2.26. The van der Waals surface area contributed by atoms with E-state index in [0.29, 0.717) is 92.9 Å². The van der Waals surface area contributed by atoms with Crippen molar-refractivity contribution in [1.82, 2.24) is 83.9 Å². The van der Waals surface area contributed by atoms with Crippen LogP contribution >= 0.6 is 0 Å². The Morgan fingerprint density at radius 3 is 1.01 bits per heavy atom. The van der Waals surface area contributed by atoms with Crippen molar-refractivity contribution in [3.8, 4) is 119 Å². The molecule has 16 rings (SSSR count). The summed E-state index contributed by atoms with van der Waals surface area (Å²) in [6.45, 7) is 15.1. The summed E-state index contributed by atoms with van der Waals surface area (Å²) in [4.78, 5) is 72.8. The van der Waals surface area contributed by atoms with Gasteiger partial charge in [-0.25, -0.2) is 74.8 Å². The summed E-state index contributed by atoms with van der Waals surface area (Å²) in [6.07, 6.45) is 0. The normalized spacial score (nSPS) is 11.5. The molecule has 0 N–H and O–H groups in total. The van der Waals surface area contributed by atoms with E-state index in [4.69, 9.17) is 54.8 Å². The number of aryl methyl sites for hydroxylation is 8. The van der Waals surface area contributed by atoms with Crippen molar-refractivity contribution < 1.29 is 0 Å². The van der Waals surface area contributed by atoms with E-state index in [1.165, 1.54) is 0 Å². The maximum Gasteiger partial charge on any atom is 0.164 e. The van der Waals surface area contributed by atoms with Crippen LogP contribution in [-0.4, -0.2) is 83.9 Å². The molecular formula is C78H56N18. The number of hydrogen-bond acceptors (Lipinski definition) is 16. The zero-order valence-electron chi connectivity index (χ0n) is 53.5. The third-order valence-electron chi connectivity index (χ3n) is 17.1. The molecule has 18 nitrogen and oxygen atoms in total. The maximum atomic E-state index is 10.8. The van der Waals surface area contributed by atoms with Crippen molar-refractivity contribution in [3.05, 3.63) is 246 Å². The van der Waals surface area contributed by atoms with Crippen molar-refractivity contribution >= 4 is 43.6 Å². The highest BCUT2D eigenvalue weighted by atomic mass is 15.1. The molecule has 0 aliphatic heterocycles. The zero-order chi connectivity index (χ0) is 65.5. The van der Waals surface area contributed by atoms with Crippen LogP contribution in [0.5, 0.6) is 0 Å². The van der Waals surface area contributed by atoms with Crippen LogP contribution in [0.15, 0.2) is 194 Å². The van der Waals surface area contributed by atoms with E-state index in [9.17, 15) is 5.26 Å². The fraction of sp³-hybridized carbons (Fsp3) is 0.103. The van der Waals surface area contributed by atoms with Crippen molar-refractivity contribution in [2.24, 2.45) is 0 Å². The van der Waals surface area contributed by atoms with Crippen LogP contribution in [0, 0.1) is 66.7 Å². The van der Waals surface area contributed by atoms with Gasteiger partial charge in [-0.15, -0.1) is 0 Å². The SMILES string of the molecule is Cc1nc(C)nc(-c2ccc3c(c2)c2cc(-c4nc(C)nc(C)n4)ccc2n3-c2ccc(-c3nc(-c4ccccc4)nc(-c4ccccc4)n3)c(-c3cc(-c4ccccc4C#N)ccc3-n3c4ccc(-c5nc(C)nc(C)n5)cc4c4cc(-c5nc(C)nc(C)n5)ccc43)c2)n1. The van der Waals surface area contributed by atoms with Gasteiger partial charge < -0.3 is 9.13 Å². The summed E-state index contributed by atoms with van der Waals surface area (Å²) in [5, 5.41) is 14.6. The van der Waals surface area contributed by atoms with Gasteiger partial charge >= 0.3 is 0 Å². The molecule has 0 unspecified atom stereocenters. The quantitative estimate of drug-likeness (QED) is 0.117. The topological polar surface area (TPSA) is 227 Å². The molecule has 0 fully saturated rings. The summed E-state index contributed by atoms with van der Waals surface area (Å²) in [5.74, 6) is 8.76. The first kappa shape index (κ1) is 58.2. The number of benzene rings is 9. The van der Waals surface area contributed by atoms with Crippen LogP contribution in [0.3, 0.4) is 0 Å². The monoisotopic (exact) mass is 1240 g/mol. The molecule has 0 bridgehead atoms. The minimum Gasteiger partial charge on any atom is -0.309 e. The summed E-state index contributed by atoms with van der Waals surface area (Å²) >= 11 is 0. The molecule has 0 spiro atoms. The van der Waals surface area contributed by atoms with E-state index in [0.717, 1.165) is 116 Å². The van der Waals surface area contributed by atoms with Crippen LogP contribution in [-0.2, 0) is 0 Å². The Morgan fingerprint density at radius 1 is 0.250 bits per heavy atom. The Labute approximate surface area is 551 Å². The van der Waals surface area contributed by atoms with Crippen molar-refractivity contribution in [2.45, 2.75) is 55.4 Å². The molecule has 0 radical (unpaired) electrons. The predicted molar refractivity (Wildman–Crippen MR) is 374 cm³/mol. The lowest BCUT2D eigenvalue weighted by molar-refractivity contribution is 0.928. The molecule has 7 heterocycles. The van der Waals surface area contributed by atoms with Crippen LogP contribution in [0.1, 0.15) is 52.2 Å². The highest BCUT2D eigenvalue weighted by Crippen LogP contribution is 2.46. The van der Waals surface area contributed by atoms with Gasteiger partial charge in [0.15, 0.2) is 40.8 Å². The minimum atomic E-state index is 0.447. The summed E-state index contributed by atoms with van der Waals surface area (Å²) in [7, 11) is 0. The maximum absolute atomic E-state index is 10.8. The second-order valence-corrected chi connectivity index (χ2v) is 23.8. The van der Waals surface area contributed by atoms with E-state index >= 15 is 0 Å².